The predicted octanol–water partition coefficient (Wildman–Crippen LogP) is 4.60. The predicted molar refractivity (Wildman–Crippen MR) is 147 cm³/mol. The molecule has 1 unspecified atom stereocenters. The van der Waals surface area contributed by atoms with E-state index in [2.05, 4.69) is 5.32 Å². The molecule has 10 nitrogen and oxygen atoms in total. The summed E-state index contributed by atoms with van der Waals surface area (Å²) in [7, 11) is 0. The number of nitrogens with one attached hydrogen (secondary N) is 1. The lowest BCUT2D eigenvalue weighted by Gasteiger charge is -2.37. The maximum Gasteiger partial charge on any atom is 0.409 e. The quantitative estimate of drug-likeness (QED) is 0.414. The highest BCUT2D eigenvalue weighted by Gasteiger charge is 2.48. The van der Waals surface area contributed by atoms with Gasteiger partial charge in [0.1, 0.15) is 12.2 Å². The van der Waals surface area contributed by atoms with Gasteiger partial charge < -0.3 is 24.8 Å². The van der Waals surface area contributed by atoms with Crippen LogP contribution in [0, 0.1) is 5.41 Å². The molecular weight excluding hydrogens is 514 g/mol. The Balaban J connectivity index is 1.63. The molecule has 214 valence electrons. The number of carbonyl (C=O) groups excluding carboxylic acids is 3. The van der Waals surface area contributed by atoms with Gasteiger partial charge in [-0.15, -0.1) is 0 Å². The van der Waals surface area contributed by atoms with Crippen LogP contribution in [0.15, 0.2) is 48.5 Å². The molecule has 3 atom stereocenters. The van der Waals surface area contributed by atoms with Gasteiger partial charge >= 0.3 is 6.09 Å². The van der Waals surface area contributed by atoms with Gasteiger partial charge in [0.15, 0.2) is 11.5 Å². The summed E-state index contributed by atoms with van der Waals surface area (Å²) in [6, 6.07) is 12.4. The average molecular weight is 552 g/mol. The van der Waals surface area contributed by atoms with Crippen LogP contribution in [-0.4, -0.2) is 64.1 Å². The number of carboxylic acid groups (broad SMARTS) is 1. The van der Waals surface area contributed by atoms with Crippen molar-refractivity contribution in [3.05, 3.63) is 59.7 Å². The Morgan fingerprint density at radius 1 is 1.10 bits per heavy atom. The molecule has 2 N–H and O–H groups in total. The number of hydrogen-bond donors (Lipinski definition) is 2. The molecule has 2 aliphatic heterocycles. The molecule has 0 spiro atoms. The van der Waals surface area contributed by atoms with Crippen LogP contribution < -0.4 is 14.8 Å². The summed E-state index contributed by atoms with van der Waals surface area (Å²) in [4.78, 5) is 55.8. The second-order valence-electron chi connectivity index (χ2n) is 11.2. The van der Waals surface area contributed by atoms with Crippen LogP contribution in [0.2, 0.25) is 0 Å². The molecule has 1 fully saturated rings. The van der Waals surface area contributed by atoms with Crippen molar-refractivity contribution in [2.75, 3.05) is 13.3 Å². The summed E-state index contributed by atoms with van der Waals surface area (Å²) in [6.45, 7) is 7.93. The normalized spacial score (nSPS) is 18.6. The number of Topliss-reactive ketones (excluding diaryl/α,β-unsaturated/α-hetero) is 1. The van der Waals surface area contributed by atoms with Gasteiger partial charge in [0.25, 0.3) is 11.8 Å². The highest BCUT2D eigenvalue weighted by atomic mass is 16.7. The third-order valence-corrected chi connectivity index (χ3v) is 7.46. The molecular formula is C30H37N3O7. The minimum Gasteiger partial charge on any atom is -0.465 e. The van der Waals surface area contributed by atoms with Crippen LogP contribution >= 0.6 is 0 Å². The number of carbonyl (C=O) groups is 4. The summed E-state index contributed by atoms with van der Waals surface area (Å²) >= 11 is 0. The van der Waals surface area contributed by atoms with E-state index >= 15 is 0 Å². The number of rotatable bonds is 10. The van der Waals surface area contributed by atoms with E-state index in [-0.39, 0.29) is 25.7 Å². The van der Waals surface area contributed by atoms with E-state index in [0.717, 1.165) is 10.5 Å². The first-order valence-corrected chi connectivity index (χ1v) is 13.6. The minimum atomic E-state index is -1.36. The number of fused-ring (bicyclic) bond motifs is 1. The number of benzene rings is 2. The molecule has 0 bridgehead atoms. The molecule has 2 aliphatic rings. The number of amides is 3. The molecule has 0 saturated carbocycles. The molecule has 0 radical (unpaired) electrons. The minimum absolute atomic E-state index is 0.0608. The lowest BCUT2D eigenvalue weighted by atomic mass is 9.91. The molecule has 0 aromatic heterocycles. The highest BCUT2D eigenvalue weighted by molar-refractivity contribution is 6.38. The summed E-state index contributed by atoms with van der Waals surface area (Å²) in [5, 5.41) is 13.2. The summed E-state index contributed by atoms with van der Waals surface area (Å²) in [5.41, 5.74) is 0.720. The Kier molecular flexibility index (Phi) is 8.66. The van der Waals surface area contributed by atoms with Crippen molar-refractivity contribution in [3.8, 4) is 11.5 Å². The topological polar surface area (TPSA) is 125 Å². The fourth-order valence-electron chi connectivity index (χ4n) is 5.39. The van der Waals surface area contributed by atoms with Crippen molar-refractivity contribution < 1.29 is 33.8 Å². The van der Waals surface area contributed by atoms with Gasteiger partial charge in [0.05, 0.1) is 6.04 Å². The fourth-order valence-corrected chi connectivity index (χ4v) is 5.39. The maximum atomic E-state index is 13.8. The van der Waals surface area contributed by atoms with Gasteiger partial charge in [-0.1, -0.05) is 63.9 Å². The number of nitrogens with zero attached hydrogens (tertiary/aromatic N) is 2. The molecule has 0 aliphatic carbocycles. The van der Waals surface area contributed by atoms with E-state index in [9.17, 15) is 24.3 Å². The third kappa shape index (κ3) is 6.21. The number of ketones is 1. The zero-order valence-corrected chi connectivity index (χ0v) is 23.4. The molecule has 2 aromatic carbocycles. The monoisotopic (exact) mass is 551 g/mol. The second kappa shape index (κ2) is 12.0. The molecule has 2 heterocycles. The van der Waals surface area contributed by atoms with Crippen molar-refractivity contribution in [2.24, 2.45) is 5.41 Å². The summed E-state index contributed by atoms with van der Waals surface area (Å²) in [6.07, 6.45) is -0.575. The molecule has 1 saturated heterocycles. The van der Waals surface area contributed by atoms with Crippen LogP contribution in [-0.2, 0) is 9.59 Å². The van der Waals surface area contributed by atoms with Gasteiger partial charge in [0.2, 0.25) is 12.6 Å². The van der Waals surface area contributed by atoms with E-state index in [1.165, 1.54) is 4.90 Å². The first-order valence-electron chi connectivity index (χ1n) is 13.6. The van der Waals surface area contributed by atoms with Crippen molar-refractivity contribution >= 4 is 23.7 Å². The second-order valence-corrected chi connectivity index (χ2v) is 11.2. The number of likely N-dealkylation sites (tertiary alicyclic amines) is 1. The summed E-state index contributed by atoms with van der Waals surface area (Å²) < 4.78 is 10.8. The van der Waals surface area contributed by atoms with Crippen molar-refractivity contribution in [1.29, 1.82) is 0 Å². The Morgan fingerprint density at radius 2 is 1.80 bits per heavy atom. The van der Waals surface area contributed by atoms with Gasteiger partial charge in [-0.3, -0.25) is 19.3 Å². The van der Waals surface area contributed by atoms with Crippen LogP contribution in [0.3, 0.4) is 0 Å². The first-order chi connectivity index (χ1) is 19.0. The maximum absolute atomic E-state index is 13.8. The van der Waals surface area contributed by atoms with E-state index in [1.807, 2.05) is 51.1 Å². The van der Waals surface area contributed by atoms with Crippen LogP contribution in [0.1, 0.15) is 75.3 Å². The molecule has 2 aromatic rings. The third-order valence-electron chi connectivity index (χ3n) is 7.46. The Hall–Kier alpha value is -4.08. The van der Waals surface area contributed by atoms with E-state index in [0.29, 0.717) is 36.3 Å². The average Bonchev–Trinajstić information content (AvgIpc) is 3.53. The molecule has 10 heteroatoms. The highest BCUT2D eigenvalue weighted by Crippen LogP contribution is 2.39. The molecule has 3 amide bonds. The number of unbranched alkanes of at least 4 members (excludes halogenated alkanes) is 1. The number of hydrogen-bond acceptors (Lipinski definition) is 6. The van der Waals surface area contributed by atoms with Gasteiger partial charge in [-0.2, -0.15) is 0 Å². The Morgan fingerprint density at radius 3 is 2.48 bits per heavy atom. The zero-order valence-electron chi connectivity index (χ0n) is 23.4. The van der Waals surface area contributed by atoms with Crippen LogP contribution in [0.25, 0.3) is 0 Å². The zero-order chi connectivity index (χ0) is 29.0. The van der Waals surface area contributed by atoms with Crippen molar-refractivity contribution in [3.63, 3.8) is 0 Å². The van der Waals surface area contributed by atoms with E-state index in [4.69, 9.17) is 9.47 Å². The smallest absolute Gasteiger partial charge is 0.409 e. The lowest BCUT2D eigenvalue weighted by Crippen LogP contribution is -2.58. The Labute approximate surface area is 234 Å². The SMILES string of the molecule is CCCC[C@@H](C(=O)C(=O)N[C@H](C)c1ccccc1)N(C(=O)O)C1CC(C)(C)CN1C(=O)c1ccc2c(c1)OCO2. The Bertz CT molecular complexity index is 1260. The molecule has 4 rings (SSSR count). The number of ether oxygens (including phenoxy) is 2. The van der Waals surface area contributed by atoms with Crippen molar-refractivity contribution in [1.82, 2.24) is 15.1 Å². The first kappa shape index (κ1) is 28.9. The van der Waals surface area contributed by atoms with Crippen molar-refractivity contribution in [2.45, 2.75) is 71.6 Å². The van der Waals surface area contributed by atoms with Gasteiger partial charge in [0, 0.05) is 12.1 Å². The van der Waals surface area contributed by atoms with E-state index in [1.54, 1.807) is 25.1 Å². The fraction of sp³-hybridized carbons (Fsp3) is 0.467. The van der Waals surface area contributed by atoms with Crippen LogP contribution in [0.4, 0.5) is 4.79 Å². The van der Waals surface area contributed by atoms with Gasteiger partial charge in [-0.25, -0.2) is 4.79 Å². The lowest BCUT2D eigenvalue weighted by molar-refractivity contribution is -0.142. The largest absolute Gasteiger partial charge is 0.465 e. The van der Waals surface area contributed by atoms with Gasteiger partial charge in [-0.05, 0) is 48.9 Å². The summed E-state index contributed by atoms with van der Waals surface area (Å²) in [5.74, 6) is -1.10. The van der Waals surface area contributed by atoms with Crippen LogP contribution in [0.5, 0.6) is 11.5 Å². The standard InChI is InChI=1S/C30H37N3O7/c1-5-6-12-22(26(34)27(35)31-19(2)20-10-8-7-9-11-20)33(29(37)38)25-16-30(3,4)17-32(25)28(36)21-13-14-23-24(15-21)40-18-39-23/h7-11,13-15,19,22,25H,5-6,12,16-18H2,1-4H3,(H,31,35)(H,37,38)/t19-,22+,25?/m1/s1. The molecule has 40 heavy (non-hydrogen) atoms. The van der Waals surface area contributed by atoms with E-state index < -0.39 is 41.4 Å².